The predicted octanol–water partition coefficient (Wildman–Crippen LogP) is 4.63. The SMILES string of the molecule is O=C(CN1CCC(C(=O)c2ccc(F)cc2)CC1)NC(c1ccccc1)c1ccccc1. The van der Waals surface area contributed by atoms with Gasteiger partial charge in [0.2, 0.25) is 5.91 Å². The van der Waals surface area contributed by atoms with Gasteiger partial charge in [0.15, 0.2) is 5.78 Å². The van der Waals surface area contributed by atoms with Gasteiger partial charge in [-0.25, -0.2) is 4.39 Å². The highest BCUT2D eigenvalue weighted by Crippen LogP contribution is 2.24. The summed E-state index contributed by atoms with van der Waals surface area (Å²) in [5, 5.41) is 3.18. The molecule has 164 valence electrons. The molecule has 1 fully saturated rings. The van der Waals surface area contributed by atoms with Gasteiger partial charge in [-0.1, -0.05) is 60.7 Å². The fourth-order valence-corrected chi connectivity index (χ4v) is 4.26. The number of carbonyl (C=O) groups is 2. The first-order valence-corrected chi connectivity index (χ1v) is 11.0. The smallest absolute Gasteiger partial charge is 0.234 e. The maximum atomic E-state index is 13.1. The Labute approximate surface area is 188 Å². The van der Waals surface area contributed by atoms with Gasteiger partial charge in [0.1, 0.15) is 5.82 Å². The Morgan fingerprint density at radius 3 is 1.91 bits per heavy atom. The number of halogens is 1. The number of rotatable bonds is 7. The van der Waals surface area contributed by atoms with Gasteiger partial charge in [-0.15, -0.1) is 0 Å². The lowest BCUT2D eigenvalue weighted by Gasteiger charge is -2.31. The molecule has 0 atom stereocenters. The van der Waals surface area contributed by atoms with Gasteiger partial charge in [0.05, 0.1) is 12.6 Å². The molecule has 0 aromatic heterocycles. The lowest BCUT2D eigenvalue weighted by Crippen LogP contribution is -2.43. The zero-order valence-corrected chi connectivity index (χ0v) is 17.9. The van der Waals surface area contributed by atoms with Crippen molar-refractivity contribution < 1.29 is 14.0 Å². The molecule has 1 aliphatic rings. The minimum Gasteiger partial charge on any atom is -0.344 e. The maximum Gasteiger partial charge on any atom is 0.234 e. The number of nitrogens with one attached hydrogen (secondary N) is 1. The molecule has 0 radical (unpaired) electrons. The molecule has 4 nitrogen and oxygen atoms in total. The first-order chi connectivity index (χ1) is 15.6. The number of hydrogen-bond donors (Lipinski definition) is 1. The van der Waals surface area contributed by atoms with Gasteiger partial charge in [0, 0.05) is 11.5 Å². The number of ketones is 1. The standard InChI is InChI=1S/C27H27FN2O2/c28-24-13-11-22(12-14-24)27(32)23-15-17-30(18-16-23)19-25(31)29-26(20-7-3-1-4-8-20)21-9-5-2-6-10-21/h1-14,23,26H,15-19H2,(H,29,31). The van der Waals surface area contributed by atoms with Crippen LogP contribution in [-0.4, -0.2) is 36.2 Å². The van der Waals surface area contributed by atoms with Crippen molar-refractivity contribution in [1.82, 2.24) is 10.2 Å². The van der Waals surface area contributed by atoms with Gasteiger partial charge < -0.3 is 5.32 Å². The molecule has 0 saturated carbocycles. The van der Waals surface area contributed by atoms with Crippen molar-refractivity contribution in [2.45, 2.75) is 18.9 Å². The third kappa shape index (κ3) is 5.48. The van der Waals surface area contributed by atoms with Crippen LogP contribution < -0.4 is 5.32 Å². The van der Waals surface area contributed by atoms with E-state index in [-0.39, 0.29) is 29.5 Å². The van der Waals surface area contributed by atoms with Crippen molar-refractivity contribution >= 4 is 11.7 Å². The predicted molar refractivity (Wildman–Crippen MR) is 123 cm³/mol. The molecule has 0 spiro atoms. The highest BCUT2D eigenvalue weighted by atomic mass is 19.1. The largest absolute Gasteiger partial charge is 0.344 e. The zero-order valence-electron chi connectivity index (χ0n) is 17.9. The molecular formula is C27H27FN2O2. The van der Waals surface area contributed by atoms with Gasteiger partial charge >= 0.3 is 0 Å². The molecule has 3 aromatic carbocycles. The van der Waals surface area contributed by atoms with E-state index in [1.165, 1.54) is 12.1 Å². The van der Waals surface area contributed by atoms with E-state index >= 15 is 0 Å². The maximum absolute atomic E-state index is 13.1. The number of carbonyl (C=O) groups excluding carboxylic acids is 2. The fraction of sp³-hybridized carbons (Fsp3) is 0.259. The molecule has 0 aliphatic carbocycles. The molecule has 1 amide bonds. The van der Waals surface area contributed by atoms with Crippen LogP contribution in [0.4, 0.5) is 4.39 Å². The van der Waals surface area contributed by atoms with Gasteiger partial charge in [-0.3, -0.25) is 14.5 Å². The van der Waals surface area contributed by atoms with Crippen LogP contribution in [0, 0.1) is 11.7 Å². The molecule has 32 heavy (non-hydrogen) atoms. The second-order valence-corrected chi connectivity index (χ2v) is 8.24. The van der Waals surface area contributed by atoms with Gasteiger partial charge in [-0.2, -0.15) is 0 Å². The molecule has 1 saturated heterocycles. The fourth-order valence-electron chi connectivity index (χ4n) is 4.26. The van der Waals surface area contributed by atoms with E-state index in [9.17, 15) is 14.0 Å². The summed E-state index contributed by atoms with van der Waals surface area (Å²) in [5.74, 6) is -0.402. The van der Waals surface area contributed by atoms with Crippen molar-refractivity contribution in [3.63, 3.8) is 0 Å². The van der Waals surface area contributed by atoms with Crippen LogP contribution in [0.3, 0.4) is 0 Å². The van der Waals surface area contributed by atoms with Crippen LogP contribution in [0.2, 0.25) is 0 Å². The van der Waals surface area contributed by atoms with E-state index in [0.717, 1.165) is 11.1 Å². The Hall–Kier alpha value is -3.31. The van der Waals surface area contributed by atoms with E-state index < -0.39 is 0 Å². The molecule has 5 heteroatoms. The second-order valence-electron chi connectivity index (χ2n) is 8.24. The van der Waals surface area contributed by atoms with Crippen molar-refractivity contribution in [3.05, 3.63) is 107 Å². The van der Waals surface area contributed by atoms with Gasteiger partial charge in [0.25, 0.3) is 0 Å². The number of Topliss-reactive ketones (excluding diaryl/α,β-unsaturated/α-hetero) is 1. The first-order valence-electron chi connectivity index (χ1n) is 11.0. The van der Waals surface area contributed by atoms with E-state index in [0.29, 0.717) is 38.0 Å². The number of hydrogen-bond acceptors (Lipinski definition) is 3. The summed E-state index contributed by atoms with van der Waals surface area (Å²) in [6.45, 7) is 1.67. The van der Waals surface area contributed by atoms with Crippen LogP contribution in [0.25, 0.3) is 0 Å². The van der Waals surface area contributed by atoms with Crippen molar-refractivity contribution in [2.24, 2.45) is 5.92 Å². The molecule has 0 bridgehead atoms. The lowest BCUT2D eigenvalue weighted by atomic mass is 9.89. The highest BCUT2D eigenvalue weighted by molar-refractivity contribution is 5.97. The Kier molecular flexibility index (Phi) is 7.07. The Morgan fingerprint density at radius 2 is 1.38 bits per heavy atom. The third-order valence-electron chi connectivity index (χ3n) is 6.03. The average molecular weight is 431 g/mol. The monoisotopic (exact) mass is 430 g/mol. The summed E-state index contributed by atoms with van der Waals surface area (Å²) in [6.07, 6.45) is 1.40. The molecule has 0 unspecified atom stereocenters. The summed E-state index contributed by atoms with van der Waals surface area (Å²) >= 11 is 0. The minimum atomic E-state index is -0.341. The van der Waals surface area contributed by atoms with Crippen molar-refractivity contribution in [1.29, 1.82) is 0 Å². The summed E-state index contributed by atoms with van der Waals surface area (Å²) in [7, 11) is 0. The van der Waals surface area contributed by atoms with Crippen molar-refractivity contribution in [2.75, 3.05) is 19.6 Å². The number of amides is 1. The zero-order chi connectivity index (χ0) is 22.3. The average Bonchev–Trinajstić information content (AvgIpc) is 2.84. The topological polar surface area (TPSA) is 49.4 Å². The first kappa shape index (κ1) is 21.9. The van der Waals surface area contributed by atoms with Crippen LogP contribution in [0.15, 0.2) is 84.9 Å². The van der Waals surface area contributed by atoms with Crippen LogP contribution >= 0.6 is 0 Å². The summed E-state index contributed by atoms with van der Waals surface area (Å²) in [6, 6.07) is 25.4. The summed E-state index contributed by atoms with van der Waals surface area (Å²) in [4.78, 5) is 27.7. The minimum absolute atomic E-state index is 0.0361. The second kappa shape index (κ2) is 10.3. The Balaban J connectivity index is 1.34. The molecule has 1 aliphatic heterocycles. The normalized spacial score (nSPS) is 14.9. The highest BCUT2D eigenvalue weighted by Gasteiger charge is 2.27. The Bertz CT molecular complexity index is 991. The molecule has 3 aromatic rings. The number of likely N-dealkylation sites (tertiary alicyclic amines) is 1. The molecule has 1 N–H and O–H groups in total. The summed E-state index contributed by atoms with van der Waals surface area (Å²) < 4.78 is 13.1. The van der Waals surface area contributed by atoms with E-state index in [2.05, 4.69) is 10.2 Å². The van der Waals surface area contributed by atoms with E-state index in [1.807, 2.05) is 60.7 Å². The number of nitrogens with zero attached hydrogens (tertiary/aromatic N) is 1. The van der Waals surface area contributed by atoms with E-state index in [4.69, 9.17) is 0 Å². The number of piperidine rings is 1. The quantitative estimate of drug-likeness (QED) is 0.556. The third-order valence-corrected chi connectivity index (χ3v) is 6.03. The summed E-state index contributed by atoms with van der Waals surface area (Å²) in [5.41, 5.74) is 2.63. The van der Waals surface area contributed by atoms with E-state index in [1.54, 1.807) is 12.1 Å². The van der Waals surface area contributed by atoms with Crippen LogP contribution in [-0.2, 0) is 4.79 Å². The lowest BCUT2D eigenvalue weighted by molar-refractivity contribution is -0.123. The van der Waals surface area contributed by atoms with Gasteiger partial charge in [-0.05, 0) is 61.3 Å². The Morgan fingerprint density at radius 1 is 0.844 bits per heavy atom. The molecular weight excluding hydrogens is 403 g/mol. The van der Waals surface area contributed by atoms with Crippen LogP contribution in [0.5, 0.6) is 0 Å². The number of benzene rings is 3. The molecule has 1 heterocycles. The van der Waals surface area contributed by atoms with Crippen LogP contribution in [0.1, 0.15) is 40.4 Å². The molecule has 4 rings (SSSR count). The van der Waals surface area contributed by atoms with Crippen molar-refractivity contribution in [3.8, 4) is 0 Å².